The first-order valence-electron chi connectivity index (χ1n) is 2.85. The molecule has 2 atom stereocenters. The number of hydrogen-bond donors (Lipinski definition) is 0. The van der Waals surface area contributed by atoms with Gasteiger partial charge in [-0.1, -0.05) is 6.08 Å². The maximum Gasteiger partial charge on any atom is 0.229 e. The molecular weight excluding hydrogens is 107 g/mol. The Morgan fingerprint density at radius 1 is 1.75 bits per heavy atom. The normalized spacial score (nSPS) is 50.9. The third kappa shape index (κ3) is 0.436. The van der Waals surface area contributed by atoms with Gasteiger partial charge in [0.1, 0.15) is 0 Å². The molecule has 0 aromatic carbocycles. The first kappa shape index (κ1) is 4.50. The second kappa shape index (κ2) is 1.13. The van der Waals surface area contributed by atoms with Crippen molar-refractivity contribution in [2.24, 2.45) is 0 Å². The van der Waals surface area contributed by atoms with Crippen molar-refractivity contribution in [1.29, 1.82) is 0 Å². The highest BCUT2D eigenvalue weighted by atomic mass is 19.2. The third-order valence-corrected chi connectivity index (χ3v) is 1.68. The smallest absolute Gasteiger partial charge is 0.229 e. The molecule has 2 aliphatic heterocycles. The van der Waals surface area contributed by atoms with Crippen LogP contribution in [0.2, 0.25) is 0 Å². The van der Waals surface area contributed by atoms with Crippen LogP contribution in [-0.2, 0) is 4.74 Å². The van der Waals surface area contributed by atoms with E-state index in [1.54, 1.807) is 6.08 Å². The highest BCUT2D eigenvalue weighted by Crippen LogP contribution is 2.38. The number of halogens is 1. The average Bonchev–Trinajstić information content (AvgIpc) is 2.21. The van der Waals surface area contributed by atoms with E-state index >= 15 is 0 Å². The molecular formula is C6H7FO. The van der Waals surface area contributed by atoms with E-state index in [4.69, 9.17) is 4.74 Å². The fourth-order valence-electron chi connectivity index (χ4n) is 1.22. The van der Waals surface area contributed by atoms with Crippen LogP contribution in [0.5, 0.6) is 0 Å². The van der Waals surface area contributed by atoms with Crippen LogP contribution in [0.15, 0.2) is 12.2 Å². The van der Waals surface area contributed by atoms with Crippen molar-refractivity contribution < 1.29 is 9.13 Å². The van der Waals surface area contributed by atoms with Crippen LogP contribution in [0.25, 0.3) is 0 Å². The largest absolute Gasteiger partial charge is 0.335 e. The van der Waals surface area contributed by atoms with Crippen molar-refractivity contribution in [2.45, 2.75) is 24.8 Å². The van der Waals surface area contributed by atoms with Crippen molar-refractivity contribution in [3.05, 3.63) is 12.2 Å². The van der Waals surface area contributed by atoms with Crippen LogP contribution < -0.4 is 0 Å². The molecule has 2 bridgehead atoms. The van der Waals surface area contributed by atoms with Crippen LogP contribution >= 0.6 is 0 Å². The topological polar surface area (TPSA) is 9.23 Å². The van der Waals surface area contributed by atoms with Gasteiger partial charge in [0.2, 0.25) is 5.85 Å². The molecule has 1 nitrogen and oxygen atoms in total. The molecule has 0 aliphatic carbocycles. The van der Waals surface area contributed by atoms with Crippen LogP contribution in [0.4, 0.5) is 4.39 Å². The lowest BCUT2D eigenvalue weighted by atomic mass is 10.1. The zero-order valence-electron chi connectivity index (χ0n) is 4.43. The molecule has 0 unspecified atom stereocenters. The first-order chi connectivity index (χ1) is 3.79. The molecule has 2 aliphatic rings. The molecule has 2 rings (SSSR count). The van der Waals surface area contributed by atoms with Crippen molar-refractivity contribution in [3.63, 3.8) is 0 Å². The second-order valence-corrected chi connectivity index (χ2v) is 2.34. The summed E-state index contributed by atoms with van der Waals surface area (Å²) < 4.78 is 17.7. The lowest BCUT2D eigenvalue weighted by molar-refractivity contribution is -0.0679. The first-order valence-corrected chi connectivity index (χ1v) is 2.85. The van der Waals surface area contributed by atoms with Gasteiger partial charge in [-0.3, -0.25) is 0 Å². The van der Waals surface area contributed by atoms with Gasteiger partial charge in [-0.15, -0.1) is 0 Å². The summed E-state index contributed by atoms with van der Waals surface area (Å²) in [6.07, 6.45) is 4.80. The molecule has 0 amide bonds. The van der Waals surface area contributed by atoms with Gasteiger partial charge < -0.3 is 4.74 Å². The maximum absolute atomic E-state index is 12.8. The number of hydrogen-bond acceptors (Lipinski definition) is 1. The van der Waals surface area contributed by atoms with Crippen LogP contribution in [0.3, 0.4) is 0 Å². The molecule has 0 aromatic heterocycles. The van der Waals surface area contributed by atoms with Gasteiger partial charge in [-0.25, -0.2) is 4.39 Å². The molecule has 0 N–H and O–H groups in total. The summed E-state index contributed by atoms with van der Waals surface area (Å²) in [7, 11) is 0. The highest BCUT2D eigenvalue weighted by Gasteiger charge is 2.41. The summed E-state index contributed by atoms with van der Waals surface area (Å²) in [6.45, 7) is 0. The Bertz CT molecular complexity index is 143. The Morgan fingerprint density at radius 2 is 2.62 bits per heavy atom. The Hall–Kier alpha value is -0.370. The van der Waals surface area contributed by atoms with Gasteiger partial charge in [0.25, 0.3) is 0 Å². The quantitative estimate of drug-likeness (QED) is 0.432. The van der Waals surface area contributed by atoms with E-state index < -0.39 is 5.85 Å². The number of fused-ring (bicyclic) bond motifs is 2. The van der Waals surface area contributed by atoms with E-state index in [9.17, 15) is 4.39 Å². The second-order valence-electron chi connectivity index (χ2n) is 2.34. The van der Waals surface area contributed by atoms with Gasteiger partial charge in [-0.2, -0.15) is 0 Å². The highest BCUT2D eigenvalue weighted by molar-refractivity contribution is 5.11. The summed E-state index contributed by atoms with van der Waals surface area (Å²) in [6, 6.07) is 0. The van der Waals surface area contributed by atoms with Gasteiger partial charge >= 0.3 is 0 Å². The Kier molecular flexibility index (Phi) is 0.637. The number of rotatable bonds is 0. The van der Waals surface area contributed by atoms with Crippen LogP contribution in [0, 0.1) is 0 Å². The summed E-state index contributed by atoms with van der Waals surface area (Å²) >= 11 is 0. The van der Waals surface area contributed by atoms with Crippen molar-refractivity contribution in [3.8, 4) is 0 Å². The zero-order valence-corrected chi connectivity index (χ0v) is 4.43. The Labute approximate surface area is 47.1 Å². The van der Waals surface area contributed by atoms with Gasteiger partial charge in [0, 0.05) is 6.42 Å². The minimum Gasteiger partial charge on any atom is -0.335 e. The molecule has 0 saturated carbocycles. The average molecular weight is 114 g/mol. The number of ether oxygens (including phenoxy) is 1. The van der Waals surface area contributed by atoms with Crippen LogP contribution in [0.1, 0.15) is 12.8 Å². The molecule has 0 aromatic rings. The molecule has 2 heteroatoms. The molecule has 2 heterocycles. The van der Waals surface area contributed by atoms with Crippen molar-refractivity contribution >= 4 is 0 Å². The monoisotopic (exact) mass is 114 g/mol. The van der Waals surface area contributed by atoms with Crippen molar-refractivity contribution in [1.82, 2.24) is 0 Å². The summed E-state index contributed by atoms with van der Waals surface area (Å²) in [5, 5.41) is 0. The number of alkyl halides is 1. The molecule has 44 valence electrons. The summed E-state index contributed by atoms with van der Waals surface area (Å²) in [5.74, 6) is -1.37. The van der Waals surface area contributed by atoms with E-state index in [1.807, 2.05) is 0 Å². The molecule has 0 radical (unpaired) electrons. The summed E-state index contributed by atoms with van der Waals surface area (Å²) in [5.41, 5.74) is 0. The fraction of sp³-hybridized carbons (Fsp3) is 0.667. The van der Waals surface area contributed by atoms with E-state index in [0.717, 1.165) is 6.42 Å². The van der Waals surface area contributed by atoms with E-state index in [1.165, 1.54) is 6.08 Å². The minimum atomic E-state index is -1.37. The molecule has 8 heavy (non-hydrogen) atoms. The maximum atomic E-state index is 12.8. The van der Waals surface area contributed by atoms with Gasteiger partial charge in [-0.05, 0) is 12.5 Å². The van der Waals surface area contributed by atoms with Crippen LogP contribution in [-0.4, -0.2) is 12.0 Å². The van der Waals surface area contributed by atoms with E-state index in [2.05, 4.69) is 0 Å². The van der Waals surface area contributed by atoms with E-state index in [0.29, 0.717) is 6.42 Å². The molecule has 0 spiro atoms. The third-order valence-electron chi connectivity index (χ3n) is 1.68. The summed E-state index contributed by atoms with van der Waals surface area (Å²) in [4.78, 5) is 0. The van der Waals surface area contributed by atoms with E-state index in [-0.39, 0.29) is 6.10 Å². The minimum absolute atomic E-state index is 0.0833. The lowest BCUT2D eigenvalue weighted by Crippen LogP contribution is -2.13. The zero-order chi connectivity index (χ0) is 5.61. The molecule has 1 fully saturated rings. The SMILES string of the molecule is F[C@@]12C=C[C@@H](CC1)O2. The standard InChI is InChI=1S/C6H7FO/c7-6-3-1-5(8-6)2-4-6/h1,3,5H,2,4H2/t5-,6+/m0/s1. The lowest BCUT2D eigenvalue weighted by Gasteiger charge is -2.07. The van der Waals surface area contributed by atoms with Gasteiger partial charge in [0.05, 0.1) is 6.10 Å². The Morgan fingerprint density at radius 3 is 2.75 bits per heavy atom. The Balaban J connectivity index is 2.33. The molecule has 1 saturated heterocycles. The predicted octanol–water partition coefficient (Wildman–Crippen LogP) is 1.40. The predicted molar refractivity (Wildman–Crippen MR) is 27.1 cm³/mol. The van der Waals surface area contributed by atoms with Crippen molar-refractivity contribution in [2.75, 3.05) is 0 Å². The fourth-order valence-corrected chi connectivity index (χ4v) is 1.22. The van der Waals surface area contributed by atoms with Gasteiger partial charge in [0.15, 0.2) is 0 Å².